The zero-order valence-electron chi connectivity index (χ0n) is 17.9. The maximum Gasteiger partial charge on any atom is 0.286 e. The van der Waals surface area contributed by atoms with Crippen LogP contribution in [0.5, 0.6) is 5.88 Å². The maximum absolute atomic E-state index is 13.2. The molecule has 12 nitrogen and oxygen atoms in total. The number of primary amides is 1. The molecule has 168 valence electrons. The number of nitrogens with one attached hydrogen (secondary N) is 2. The van der Waals surface area contributed by atoms with Crippen LogP contribution >= 0.6 is 0 Å². The van der Waals surface area contributed by atoms with Gasteiger partial charge in [-0.05, 0) is 24.3 Å². The number of aromatic nitrogens is 5. The number of aromatic hydroxyl groups is 1. The highest BCUT2D eigenvalue weighted by molar-refractivity contribution is 5.96. The minimum Gasteiger partial charge on any atom is -0.492 e. The second-order valence-corrected chi connectivity index (χ2v) is 8.95. The molecule has 0 bridgehead atoms. The molecule has 3 aromatic rings. The fraction of sp³-hybridized carbons (Fsp3) is 0.400. The average Bonchev–Trinajstić information content (AvgIpc) is 3.41. The van der Waals surface area contributed by atoms with E-state index in [9.17, 15) is 19.5 Å². The lowest BCUT2D eigenvalue weighted by Crippen LogP contribution is -2.37. The number of anilines is 2. The van der Waals surface area contributed by atoms with Crippen molar-refractivity contribution < 1.29 is 14.7 Å². The molecule has 1 aliphatic rings. The van der Waals surface area contributed by atoms with Gasteiger partial charge in [0, 0.05) is 24.8 Å². The molecule has 0 atom stereocenters. The van der Waals surface area contributed by atoms with Crippen LogP contribution in [0.1, 0.15) is 54.6 Å². The van der Waals surface area contributed by atoms with E-state index >= 15 is 0 Å². The number of hydrogen-bond donors (Lipinski definition) is 4. The Kier molecular flexibility index (Phi) is 5.07. The molecule has 0 saturated heterocycles. The summed E-state index contributed by atoms with van der Waals surface area (Å²) in [5.41, 5.74) is 4.24. The minimum atomic E-state index is -0.786. The Morgan fingerprint density at radius 2 is 2.00 bits per heavy atom. The molecule has 2 amide bonds. The molecule has 1 saturated carbocycles. The first-order valence-electron chi connectivity index (χ1n) is 10.1. The van der Waals surface area contributed by atoms with Gasteiger partial charge >= 0.3 is 0 Å². The quantitative estimate of drug-likeness (QED) is 0.435. The van der Waals surface area contributed by atoms with Crippen molar-refractivity contribution in [1.82, 2.24) is 29.5 Å². The minimum absolute atomic E-state index is 0.0140. The molecule has 1 fully saturated rings. The van der Waals surface area contributed by atoms with Gasteiger partial charge in [0.1, 0.15) is 11.5 Å². The van der Waals surface area contributed by atoms with Crippen LogP contribution in [0, 0.1) is 5.41 Å². The Labute approximate surface area is 182 Å². The number of nitrogens with zero attached hydrogens (tertiary/aromatic N) is 5. The van der Waals surface area contributed by atoms with Gasteiger partial charge in [-0.2, -0.15) is 4.52 Å². The molecular weight excluding hydrogens is 416 g/mol. The Morgan fingerprint density at radius 3 is 2.62 bits per heavy atom. The summed E-state index contributed by atoms with van der Waals surface area (Å²) in [4.78, 5) is 45.0. The van der Waals surface area contributed by atoms with E-state index in [0.29, 0.717) is 0 Å². The monoisotopic (exact) mass is 440 g/mol. The second kappa shape index (κ2) is 7.62. The van der Waals surface area contributed by atoms with Crippen molar-refractivity contribution in [2.45, 2.75) is 46.2 Å². The standard InChI is InChI=1S/C20H24N8O4/c1-20(2,3)9-27-13-8-12(24-11-6-7-22-16(25-11)15(21)29)26-28(13)19(32)14(18(27)31)17(30)23-10-4-5-10/h6-8,10,32H,4-5,9H2,1-3H3,(H2,21,29)(H,23,30)(H,22,24,25,26). The second-order valence-electron chi connectivity index (χ2n) is 8.95. The van der Waals surface area contributed by atoms with Crippen LogP contribution in [0.2, 0.25) is 0 Å². The topological polar surface area (TPSA) is 170 Å². The highest BCUT2D eigenvalue weighted by Gasteiger charge is 2.30. The molecule has 0 radical (unpaired) electrons. The molecule has 1 aliphatic carbocycles. The summed E-state index contributed by atoms with van der Waals surface area (Å²) in [5, 5.41) is 20.7. The lowest BCUT2D eigenvalue weighted by Gasteiger charge is -2.21. The smallest absolute Gasteiger partial charge is 0.286 e. The molecule has 0 aliphatic heterocycles. The molecule has 3 aromatic heterocycles. The van der Waals surface area contributed by atoms with Crippen molar-refractivity contribution >= 4 is 29.1 Å². The number of nitrogens with two attached hydrogens (primary N) is 1. The van der Waals surface area contributed by atoms with Crippen molar-refractivity contribution in [3.05, 3.63) is 40.1 Å². The summed E-state index contributed by atoms with van der Waals surface area (Å²) in [6.45, 7) is 6.14. The third-order valence-corrected chi connectivity index (χ3v) is 4.75. The van der Waals surface area contributed by atoms with Crippen LogP contribution in [0.15, 0.2) is 23.1 Å². The number of hydrogen-bond acceptors (Lipinski definition) is 8. The fourth-order valence-corrected chi connectivity index (χ4v) is 3.21. The molecule has 0 aromatic carbocycles. The van der Waals surface area contributed by atoms with E-state index in [-0.39, 0.29) is 46.7 Å². The predicted octanol–water partition coefficient (Wildman–Crippen LogP) is 0.772. The van der Waals surface area contributed by atoms with E-state index in [1.54, 1.807) is 6.07 Å². The number of carbonyl (C=O) groups is 2. The van der Waals surface area contributed by atoms with Gasteiger partial charge in [0.25, 0.3) is 17.4 Å². The Balaban J connectivity index is 1.82. The normalized spacial score (nSPS) is 13.8. The van der Waals surface area contributed by atoms with E-state index in [4.69, 9.17) is 5.73 Å². The first-order chi connectivity index (χ1) is 15.0. The molecule has 4 rings (SSSR count). The zero-order valence-corrected chi connectivity index (χ0v) is 17.9. The first kappa shape index (κ1) is 21.3. The van der Waals surface area contributed by atoms with Gasteiger partial charge in [0.15, 0.2) is 11.4 Å². The number of rotatable bonds is 6. The van der Waals surface area contributed by atoms with Crippen molar-refractivity contribution in [2.75, 3.05) is 5.32 Å². The summed E-state index contributed by atoms with van der Waals surface area (Å²) < 4.78 is 2.54. The number of fused-ring (bicyclic) bond motifs is 1. The van der Waals surface area contributed by atoms with E-state index in [0.717, 1.165) is 17.4 Å². The maximum atomic E-state index is 13.2. The molecule has 0 unspecified atom stereocenters. The van der Waals surface area contributed by atoms with Gasteiger partial charge in [-0.15, -0.1) is 5.10 Å². The number of amides is 2. The highest BCUT2D eigenvalue weighted by Crippen LogP contribution is 2.25. The van der Waals surface area contributed by atoms with Crippen molar-refractivity contribution in [3.8, 4) is 5.88 Å². The zero-order chi connectivity index (χ0) is 23.2. The van der Waals surface area contributed by atoms with E-state index < -0.39 is 23.3 Å². The molecular formula is C20H24N8O4. The third-order valence-electron chi connectivity index (χ3n) is 4.75. The predicted molar refractivity (Wildman–Crippen MR) is 115 cm³/mol. The molecule has 0 spiro atoms. The molecule has 3 heterocycles. The Bertz CT molecular complexity index is 1280. The van der Waals surface area contributed by atoms with Crippen LogP contribution < -0.4 is 21.9 Å². The lowest BCUT2D eigenvalue weighted by atomic mass is 9.97. The van der Waals surface area contributed by atoms with Crippen LogP contribution in [-0.4, -0.2) is 47.1 Å². The summed E-state index contributed by atoms with van der Waals surface area (Å²) >= 11 is 0. The van der Waals surface area contributed by atoms with Gasteiger partial charge < -0.3 is 21.5 Å². The van der Waals surface area contributed by atoms with Crippen molar-refractivity contribution in [2.24, 2.45) is 11.1 Å². The summed E-state index contributed by atoms with van der Waals surface area (Å²) in [6, 6.07) is 3.06. The van der Waals surface area contributed by atoms with Crippen LogP contribution in [0.25, 0.3) is 5.65 Å². The highest BCUT2D eigenvalue weighted by atomic mass is 16.3. The molecule has 32 heavy (non-hydrogen) atoms. The van der Waals surface area contributed by atoms with Gasteiger partial charge in [-0.3, -0.25) is 19.0 Å². The fourth-order valence-electron chi connectivity index (χ4n) is 3.21. The average molecular weight is 440 g/mol. The number of carbonyl (C=O) groups excluding carboxylic acids is 2. The third kappa shape index (κ3) is 4.24. The van der Waals surface area contributed by atoms with E-state index in [1.165, 1.54) is 16.8 Å². The van der Waals surface area contributed by atoms with Crippen LogP contribution in [0.4, 0.5) is 11.6 Å². The van der Waals surface area contributed by atoms with Gasteiger partial charge in [0.05, 0.1) is 0 Å². The van der Waals surface area contributed by atoms with Gasteiger partial charge in [-0.25, -0.2) is 9.97 Å². The summed E-state index contributed by atoms with van der Waals surface area (Å²) in [6.07, 6.45) is 3.04. The van der Waals surface area contributed by atoms with Gasteiger partial charge in [-0.1, -0.05) is 20.8 Å². The summed E-state index contributed by atoms with van der Waals surface area (Å²) in [5.74, 6) is -1.67. The largest absolute Gasteiger partial charge is 0.492 e. The van der Waals surface area contributed by atoms with Gasteiger partial charge in [0.2, 0.25) is 11.7 Å². The van der Waals surface area contributed by atoms with Crippen molar-refractivity contribution in [3.63, 3.8) is 0 Å². The Morgan fingerprint density at radius 1 is 1.28 bits per heavy atom. The van der Waals surface area contributed by atoms with Crippen molar-refractivity contribution in [1.29, 1.82) is 0 Å². The van der Waals surface area contributed by atoms with Crippen LogP contribution in [-0.2, 0) is 6.54 Å². The van der Waals surface area contributed by atoms with Crippen LogP contribution in [0.3, 0.4) is 0 Å². The SMILES string of the molecule is CC(C)(C)Cn1c(=O)c(C(=O)NC2CC2)c(O)n2nc(Nc3ccnc(C(N)=O)n3)cc12. The molecule has 12 heteroatoms. The Hall–Kier alpha value is -3.96. The lowest BCUT2D eigenvalue weighted by molar-refractivity contribution is 0.0943. The van der Waals surface area contributed by atoms with E-state index in [2.05, 4.69) is 25.7 Å². The molecule has 5 N–H and O–H groups in total. The summed E-state index contributed by atoms with van der Waals surface area (Å²) in [7, 11) is 0. The van der Waals surface area contributed by atoms with E-state index in [1.807, 2.05) is 20.8 Å². The first-order valence-corrected chi connectivity index (χ1v) is 10.1.